The fourth-order valence-electron chi connectivity index (χ4n) is 2.73. The van der Waals surface area contributed by atoms with Crippen LogP contribution in [0.25, 0.3) is 6.08 Å². The molecule has 0 saturated carbocycles. The zero-order valence-electron chi connectivity index (χ0n) is 14.8. The van der Waals surface area contributed by atoms with E-state index in [0.717, 1.165) is 5.56 Å². The van der Waals surface area contributed by atoms with Crippen molar-refractivity contribution in [1.29, 1.82) is 0 Å². The van der Waals surface area contributed by atoms with Gasteiger partial charge in [-0.3, -0.25) is 4.79 Å². The molecule has 0 bridgehead atoms. The Morgan fingerprint density at radius 1 is 0.963 bits per heavy atom. The maximum Gasteiger partial charge on any atom is 0.191 e. The van der Waals surface area contributed by atoms with E-state index in [9.17, 15) is 9.90 Å². The molecule has 4 heteroatoms. The first-order valence-corrected chi connectivity index (χ1v) is 8.85. The lowest BCUT2D eigenvalue weighted by Gasteiger charge is -2.16. The van der Waals surface area contributed by atoms with Gasteiger partial charge in [-0.15, -0.1) is 0 Å². The van der Waals surface area contributed by atoms with Crippen LogP contribution in [0.3, 0.4) is 0 Å². The smallest absolute Gasteiger partial charge is 0.191 e. The summed E-state index contributed by atoms with van der Waals surface area (Å²) in [6.45, 7) is 0. The third-order valence-electron chi connectivity index (χ3n) is 4.22. The summed E-state index contributed by atoms with van der Waals surface area (Å²) < 4.78 is 5.16. The SMILES string of the molecule is COc1ccc(C(O)/C(=C/c2ccccc2)C(=O)c2ccc(Cl)cc2)cc1. The van der Waals surface area contributed by atoms with Crippen LogP contribution in [0.5, 0.6) is 5.75 Å². The third kappa shape index (κ3) is 4.64. The van der Waals surface area contributed by atoms with E-state index in [1.54, 1.807) is 61.7 Å². The highest BCUT2D eigenvalue weighted by Crippen LogP contribution is 2.28. The van der Waals surface area contributed by atoms with Gasteiger partial charge in [-0.25, -0.2) is 0 Å². The Morgan fingerprint density at radius 2 is 1.59 bits per heavy atom. The number of aliphatic hydroxyl groups is 1. The van der Waals surface area contributed by atoms with E-state index in [1.807, 2.05) is 30.3 Å². The molecule has 0 saturated heterocycles. The van der Waals surface area contributed by atoms with Gasteiger partial charge in [0.15, 0.2) is 5.78 Å². The van der Waals surface area contributed by atoms with Crippen molar-refractivity contribution in [3.63, 3.8) is 0 Å². The Bertz CT molecular complexity index is 930. The summed E-state index contributed by atoms with van der Waals surface area (Å²) in [6, 6.07) is 23.1. The van der Waals surface area contributed by atoms with Crippen LogP contribution in [0.15, 0.2) is 84.4 Å². The molecular formula is C23H19ClO3. The second-order valence-corrected chi connectivity index (χ2v) is 6.46. The Hall–Kier alpha value is -2.88. The Kier molecular flexibility index (Phi) is 6.07. The van der Waals surface area contributed by atoms with Crippen LogP contribution in [0.4, 0.5) is 0 Å². The first-order chi connectivity index (χ1) is 13.1. The zero-order valence-corrected chi connectivity index (χ0v) is 15.6. The molecule has 0 aliphatic rings. The first kappa shape index (κ1) is 18.9. The maximum atomic E-state index is 13.1. The monoisotopic (exact) mass is 378 g/mol. The van der Waals surface area contributed by atoms with Crippen LogP contribution in [0.2, 0.25) is 5.02 Å². The standard InChI is InChI=1S/C23H19ClO3/c1-27-20-13-9-18(10-14-20)23(26)21(15-16-5-3-2-4-6-16)22(25)17-7-11-19(24)12-8-17/h2-15,23,26H,1H3/b21-15+. The number of ether oxygens (including phenoxy) is 1. The summed E-state index contributed by atoms with van der Waals surface area (Å²) in [5.74, 6) is 0.433. The summed E-state index contributed by atoms with van der Waals surface area (Å²) in [5.41, 5.74) is 2.20. The highest BCUT2D eigenvalue weighted by atomic mass is 35.5. The number of methoxy groups -OCH3 is 1. The van der Waals surface area contributed by atoms with Gasteiger partial charge < -0.3 is 9.84 Å². The fourth-order valence-corrected chi connectivity index (χ4v) is 2.86. The van der Waals surface area contributed by atoms with Gasteiger partial charge in [0.05, 0.1) is 7.11 Å². The largest absolute Gasteiger partial charge is 0.497 e. The number of hydrogen-bond donors (Lipinski definition) is 1. The molecule has 0 fully saturated rings. The molecule has 3 nitrogen and oxygen atoms in total. The molecule has 3 aromatic rings. The van der Waals surface area contributed by atoms with Crippen molar-refractivity contribution < 1.29 is 14.6 Å². The van der Waals surface area contributed by atoms with Crippen molar-refractivity contribution in [2.24, 2.45) is 0 Å². The van der Waals surface area contributed by atoms with E-state index < -0.39 is 6.10 Å². The number of Topliss-reactive ketones (excluding diaryl/α,β-unsaturated/α-hetero) is 1. The van der Waals surface area contributed by atoms with Gasteiger partial charge in [0, 0.05) is 16.2 Å². The number of benzene rings is 3. The van der Waals surface area contributed by atoms with Gasteiger partial charge >= 0.3 is 0 Å². The average Bonchev–Trinajstić information content (AvgIpc) is 2.72. The van der Waals surface area contributed by atoms with Crippen LogP contribution in [-0.4, -0.2) is 18.0 Å². The van der Waals surface area contributed by atoms with E-state index >= 15 is 0 Å². The van der Waals surface area contributed by atoms with Crippen molar-refractivity contribution in [2.75, 3.05) is 7.11 Å². The molecule has 1 unspecified atom stereocenters. The quantitative estimate of drug-likeness (QED) is 0.464. The molecule has 27 heavy (non-hydrogen) atoms. The van der Waals surface area contributed by atoms with E-state index in [2.05, 4.69) is 0 Å². The predicted molar refractivity (Wildman–Crippen MR) is 108 cm³/mol. The highest BCUT2D eigenvalue weighted by molar-refractivity contribution is 6.30. The van der Waals surface area contributed by atoms with Gasteiger partial charge in [-0.1, -0.05) is 54.1 Å². The molecule has 0 aliphatic heterocycles. The summed E-state index contributed by atoms with van der Waals surface area (Å²) in [4.78, 5) is 13.1. The van der Waals surface area contributed by atoms with Crippen LogP contribution < -0.4 is 4.74 Å². The van der Waals surface area contributed by atoms with Gasteiger partial charge in [0.2, 0.25) is 0 Å². The normalized spacial score (nSPS) is 12.5. The number of carbonyl (C=O) groups is 1. The number of ketones is 1. The van der Waals surface area contributed by atoms with Gasteiger partial charge in [0.25, 0.3) is 0 Å². The Morgan fingerprint density at radius 3 is 2.19 bits per heavy atom. The first-order valence-electron chi connectivity index (χ1n) is 8.47. The molecule has 0 aliphatic carbocycles. The molecular weight excluding hydrogens is 360 g/mol. The lowest BCUT2D eigenvalue weighted by molar-refractivity contribution is 0.0989. The molecule has 0 aromatic heterocycles. The van der Waals surface area contributed by atoms with Crippen molar-refractivity contribution in [3.05, 3.63) is 106 Å². The Balaban J connectivity index is 2.02. The topological polar surface area (TPSA) is 46.5 Å². The van der Waals surface area contributed by atoms with Gasteiger partial charge in [-0.05, 0) is 53.6 Å². The number of carbonyl (C=O) groups excluding carboxylic acids is 1. The molecule has 3 rings (SSSR count). The van der Waals surface area contributed by atoms with Crippen LogP contribution in [0, 0.1) is 0 Å². The van der Waals surface area contributed by atoms with Crippen molar-refractivity contribution in [3.8, 4) is 5.75 Å². The van der Waals surface area contributed by atoms with Crippen LogP contribution >= 0.6 is 11.6 Å². The van der Waals surface area contributed by atoms with E-state index in [4.69, 9.17) is 16.3 Å². The average molecular weight is 379 g/mol. The molecule has 0 amide bonds. The number of halogens is 1. The molecule has 3 aromatic carbocycles. The van der Waals surface area contributed by atoms with Crippen molar-refractivity contribution >= 4 is 23.5 Å². The molecule has 1 N–H and O–H groups in total. The summed E-state index contributed by atoms with van der Waals surface area (Å²) >= 11 is 5.93. The van der Waals surface area contributed by atoms with Crippen molar-refractivity contribution in [2.45, 2.75) is 6.10 Å². The van der Waals surface area contributed by atoms with Gasteiger partial charge in [0.1, 0.15) is 11.9 Å². The minimum atomic E-state index is -1.07. The minimum absolute atomic E-state index is 0.251. The molecule has 0 radical (unpaired) electrons. The number of rotatable bonds is 6. The lowest BCUT2D eigenvalue weighted by Crippen LogP contribution is -2.12. The molecule has 136 valence electrons. The van der Waals surface area contributed by atoms with E-state index in [0.29, 0.717) is 21.9 Å². The predicted octanol–water partition coefficient (Wildman–Crippen LogP) is 5.35. The second-order valence-electron chi connectivity index (χ2n) is 6.02. The van der Waals surface area contributed by atoms with E-state index in [1.165, 1.54) is 0 Å². The maximum absolute atomic E-state index is 13.1. The fraction of sp³-hybridized carbons (Fsp3) is 0.0870. The third-order valence-corrected chi connectivity index (χ3v) is 4.47. The van der Waals surface area contributed by atoms with Crippen LogP contribution in [0.1, 0.15) is 27.6 Å². The van der Waals surface area contributed by atoms with Crippen molar-refractivity contribution in [1.82, 2.24) is 0 Å². The van der Waals surface area contributed by atoms with Crippen LogP contribution in [-0.2, 0) is 0 Å². The molecule has 1 atom stereocenters. The highest BCUT2D eigenvalue weighted by Gasteiger charge is 2.22. The summed E-state index contributed by atoms with van der Waals surface area (Å²) in [7, 11) is 1.58. The molecule has 0 spiro atoms. The number of hydrogen-bond acceptors (Lipinski definition) is 3. The van der Waals surface area contributed by atoms with E-state index in [-0.39, 0.29) is 11.4 Å². The Labute approximate surface area is 163 Å². The summed E-state index contributed by atoms with van der Waals surface area (Å²) in [6.07, 6.45) is 0.644. The second kappa shape index (κ2) is 8.67. The zero-order chi connectivity index (χ0) is 19.2. The summed E-state index contributed by atoms with van der Waals surface area (Å²) in [5, 5.41) is 11.5. The van der Waals surface area contributed by atoms with Gasteiger partial charge in [-0.2, -0.15) is 0 Å². The molecule has 0 heterocycles. The lowest BCUT2D eigenvalue weighted by atomic mass is 9.92. The minimum Gasteiger partial charge on any atom is -0.497 e. The number of aliphatic hydroxyl groups excluding tert-OH is 1.